The van der Waals surface area contributed by atoms with Gasteiger partial charge in [0.25, 0.3) is 0 Å². The summed E-state index contributed by atoms with van der Waals surface area (Å²) >= 11 is 0. The number of sulfonamides is 1. The number of hydrogen-bond acceptors (Lipinski definition) is 7. The van der Waals surface area contributed by atoms with Crippen LogP contribution in [0.5, 0.6) is 5.75 Å². The quantitative estimate of drug-likeness (QED) is 0.441. The number of aryl methyl sites for hydroxylation is 1. The molecule has 2 aliphatic heterocycles. The Balaban J connectivity index is 1.60. The summed E-state index contributed by atoms with van der Waals surface area (Å²) in [6.07, 6.45) is 3.60. The average Bonchev–Trinajstić information content (AvgIpc) is 3.27. The van der Waals surface area contributed by atoms with Crippen LogP contribution in [-0.2, 0) is 39.6 Å². The first kappa shape index (κ1) is 26.9. The Labute approximate surface area is 227 Å². The molecule has 2 aliphatic rings. The highest BCUT2D eigenvalue weighted by atomic mass is 32.2. The first-order chi connectivity index (χ1) is 18.5. The van der Waals surface area contributed by atoms with Crippen LogP contribution in [-0.4, -0.2) is 91.7 Å². The van der Waals surface area contributed by atoms with Crippen molar-refractivity contribution >= 4 is 32.9 Å². The third-order valence-electron chi connectivity index (χ3n) is 7.43. The molecule has 0 aliphatic carbocycles. The van der Waals surface area contributed by atoms with Crippen LogP contribution in [0.1, 0.15) is 18.1 Å². The number of aromatic hydroxyl groups is 1. The molecule has 1 N–H and O–H groups in total. The van der Waals surface area contributed by atoms with E-state index < -0.39 is 28.3 Å². The zero-order chi connectivity index (χ0) is 28.1. The van der Waals surface area contributed by atoms with Gasteiger partial charge in [0, 0.05) is 26.6 Å². The molecule has 2 saturated heterocycles. The maximum absolute atomic E-state index is 14.1. The van der Waals surface area contributed by atoms with Crippen LogP contribution < -0.4 is 0 Å². The maximum atomic E-state index is 14.1. The van der Waals surface area contributed by atoms with Gasteiger partial charge in [-0.1, -0.05) is 30.3 Å². The lowest BCUT2D eigenvalue weighted by Gasteiger charge is -2.56. The van der Waals surface area contributed by atoms with E-state index in [-0.39, 0.29) is 43.6 Å². The molecule has 2 amide bonds. The van der Waals surface area contributed by atoms with Gasteiger partial charge in [-0.05, 0) is 36.2 Å². The van der Waals surface area contributed by atoms with Crippen LogP contribution in [0.3, 0.4) is 0 Å². The fourth-order valence-corrected chi connectivity index (χ4v) is 6.79. The molecule has 3 heterocycles. The van der Waals surface area contributed by atoms with Crippen molar-refractivity contribution in [1.82, 2.24) is 28.8 Å². The number of piperazine rings is 1. The molecule has 2 aromatic carbocycles. The molecule has 206 valence electrons. The smallest absolute Gasteiger partial charge is 0.246 e. The molecule has 12 heteroatoms. The van der Waals surface area contributed by atoms with Crippen LogP contribution in [0.2, 0.25) is 0 Å². The summed E-state index contributed by atoms with van der Waals surface area (Å²) in [4.78, 5) is 35.4. The number of benzene rings is 2. The van der Waals surface area contributed by atoms with Gasteiger partial charge in [0.05, 0.1) is 30.2 Å². The van der Waals surface area contributed by atoms with Crippen molar-refractivity contribution in [3.63, 3.8) is 0 Å². The van der Waals surface area contributed by atoms with Gasteiger partial charge >= 0.3 is 0 Å². The van der Waals surface area contributed by atoms with E-state index in [2.05, 4.69) is 11.6 Å². The summed E-state index contributed by atoms with van der Waals surface area (Å²) in [5, 5.41) is 11.2. The van der Waals surface area contributed by atoms with Gasteiger partial charge in [-0.3, -0.25) is 9.59 Å². The number of hydrogen-bond donors (Lipinski definition) is 1. The van der Waals surface area contributed by atoms with E-state index in [0.717, 1.165) is 28.4 Å². The molecule has 1 unspecified atom stereocenters. The summed E-state index contributed by atoms with van der Waals surface area (Å²) in [5.41, 5.74) is 3.23. The summed E-state index contributed by atoms with van der Waals surface area (Å²) in [6, 6.07) is 10.4. The van der Waals surface area contributed by atoms with Gasteiger partial charge in [-0.2, -0.15) is 0 Å². The Hall–Kier alpha value is -3.74. The molecule has 0 spiro atoms. The number of phenols is 1. The first-order valence-corrected chi connectivity index (χ1v) is 14.5. The van der Waals surface area contributed by atoms with Crippen LogP contribution in [0.4, 0.5) is 0 Å². The van der Waals surface area contributed by atoms with Crippen LogP contribution in [0.15, 0.2) is 61.4 Å². The lowest BCUT2D eigenvalue weighted by molar-refractivity contribution is -0.191. The molecule has 2 fully saturated rings. The number of para-hydroxylation sites is 1. The van der Waals surface area contributed by atoms with Crippen molar-refractivity contribution in [2.45, 2.75) is 38.1 Å². The molecule has 3 atom stereocenters. The molecule has 0 bridgehead atoms. The van der Waals surface area contributed by atoms with Gasteiger partial charge in [-0.15, -0.1) is 11.0 Å². The minimum Gasteiger partial charge on any atom is -0.508 e. The summed E-state index contributed by atoms with van der Waals surface area (Å²) in [6.45, 7) is 5.72. The Morgan fingerprint density at radius 1 is 1.13 bits per heavy atom. The monoisotopic (exact) mass is 552 g/mol. The van der Waals surface area contributed by atoms with E-state index >= 15 is 0 Å². The standard InChI is InChI=1S/C27H32N6O5S/c1-5-13-31-18(2)26(35)32-23(14-19-9-11-21(34)12-10-19)27(36)30(16-24(32)33(31)39(4,37)38)15-20-7-6-8-22-25(20)28-17-29(22)3/h5-12,17-18,23-24,34H,1,13-16H2,2-4H3/t18?,23-,24-/m0/s1. The van der Waals surface area contributed by atoms with Crippen molar-refractivity contribution in [3.05, 3.63) is 72.6 Å². The molecule has 1 aromatic heterocycles. The van der Waals surface area contributed by atoms with Crippen molar-refractivity contribution in [1.29, 1.82) is 0 Å². The topological polar surface area (TPSA) is 119 Å². The fraction of sp³-hybridized carbons (Fsp3) is 0.370. The summed E-state index contributed by atoms with van der Waals surface area (Å²) < 4.78 is 29.5. The number of nitrogens with zero attached hydrogens (tertiary/aromatic N) is 6. The number of carbonyl (C=O) groups is 2. The number of fused-ring (bicyclic) bond motifs is 2. The Bertz CT molecular complexity index is 1540. The number of carbonyl (C=O) groups excluding carboxylic acids is 2. The number of amides is 2. The predicted octanol–water partition coefficient (Wildman–Crippen LogP) is 1.45. The zero-order valence-corrected chi connectivity index (χ0v) is 23.0. The second-order valence-corrected chi connectivity index (χ2v) is 11.9. The van der Waals surface area contributed by atoms with E-state index in [1.807, 2.05) is 29.8 Å². The highest BCUT2D eigenvalue weighted by Crippen LogP contribution is 2.33. The Kier molecular flexibility index (Phi) is 6.95. The van der Waals surface area contributed by atoms with Gasteiger partial charge in [0.2, 0.25) is 21.8 Å². The van der Waals surface area contributed by atoms with E-state index in [1.54, 1.807) is 36.4 Å². The summed E-state index contributed by atoms with van der Waals surface area (Å²) in [7, 11) is -1.95. The molecule has 11 nitrogen and oxygen atoms in total. The highest BCUT2D eigenvalue weighted by Gasteiger charge is 2.54. The minimum absolute atomic E-state index is 0.00664. The Morgan fingerprint density at radius 2 is 1.85 bits per heavy atom. The van der Waals surface area contributed by atoms with E-state index in [9.17, 15) is 23.1 Å². The first-order valence-electron chi connectivity index (χ1n) is 12.7. The number of aromatic nitrogens is 2. The SMILES string of the molecule is C=CCN1C(C)C(=O)N2[C@@H](Cc3ccc(O)cc3)C(=O)N(Cc3cccc4c3ncn4C)C[C@@H]2N1S(C)(=O)=O. The van der Waals surface area contributed by atoms with Crippen molar-refractivity contribution in [2.24, 2.45) is 7.05 Å². The third kappa shape index (κ3) is 4.79. The molecule has 0 saturated carbocycles. The van der Waals surface area contributed by atoms with Crippen LogP contribution in [0, 0.1) is 0 Å². The van der Waals surface area contributed by atoms with E-state index in [0.29, 0.717) is 0 Å². The normalized spacial score (nSPS) is 22.9. The maximum Gasteiger partial charge on any atom is 0.246 e. The van der Waals surface area contributed by atoms with Gasteiger partial charge in [0.1, 0.15) is 24.0 Å². The van der Waals surface area contributed by atoms with Crippen molar-refractivity contribution in [3.8, 4) is 5.75 Å². The largest absolute Gasteiger partial charge is 0.508 e. The molecule has 0 radical (unpaired) electrons. The van der Waals surface area contributed by atoms with Crippen molar-refractivity contribution in [2.75, 3.05) is 19.3 Å². The lowest BCUT2D eigenvalue weighted by atomic mass is 9.97. The molecule has 39 heavy (non-hydrogen) atoms. The summed E-state index contributed by atoms with van der Waals surface area (Å²) in [5.74, 6) is -0.522. The molecule has 3 aromatic rings. The molecular weight excluding hydrogens is 520 g/mol. The third-order valence-corrected chi connectivity index (χ3v) is 8.56. The fourth-order valence-electron chi connectivity index (χ4n) is 5.59. The van der Waals surface area contributed by atoms with Crippen LogP contribution in [0.25, 0.3) is 11.0 Å². The Morgan fingerprint density at radius 3 is 2.51 bits per heavy atom. The molecule has 5 rings (SSSR count). The highest BCUT2D eigenvalue weighted by molar-refractivity contribution is 7.88. The number of phenolic OH excluding ortho intramolecular Hbond substituents is 1. The van der Waals surface area contributed by atoms with Gasteiger partial charge in [-0.25, -0.2) is 18.4 Å². The number of hydrazine groups is 1. The zero-order valence-electron chi connectivity index (χ0n) is 22.1. The number of rotatable bonds is 7. The molecular formula is C27H32N6O5S. The number of imidazole rings is 1. The van der Waals surface area contributed by atoms with Crippen LogP contribution >= 0.6 is 0 Å². The van der Waals surface area contributed by atoms with E-state index in [1.165, 1.54) is 26.5 Å². The average molecular weight is 553 g/mol. The second-order valence-electron chi connectivity index (χ2n) is 10.1. The van der Waals surface area contributed by atoms with Gasteiger partial charge < -0.3 is 19.5 Å². The lowest BCUT2D eigenvalue weighted by Crippen LogP contribution is -2.77. The second kappa shape index (κ2) is 10.1. The van der Waals surface area contributed by atoms with Crippen molar-refractivity contribution < 1.29 is 23.1 Å². The van der Waals surface area contributed by atoms with Gasteiger partial charge in [0.15, 0.2) is 0 Å². The minimum atomic E-state index is -3.84. The van der Waals surface area contributed by atoms with E-state index in [4.69, 9.17) is 0 Å². The predicted molar refractivity (Wildman–Crippen MR) is 145 cm³/mol.